The molecule has 2 N–H and O–H groups in total. The predicted molar refractivity (Wildman–Crippen MR) is 131 cm³/mol. The molecule has 5 heteroatoms. The first-order valence-electron chi connectivity index (χ1n) is 14.4. The van der Waals surface area contributed by atoms with Crippen molar-refractivity contribution in [2.45, 2.75) is 110 Å². The van der Waals surface area contributed by atoms with Crippen molar-refractivity contribution in [3.8, 4) is 0 Å². The van der Waals surface area contributed by atoms with Gasteiger partial charge < -0.3 is 19.9 Å². The second-order valence-electron chi connectivity index (χ2n) is 13.8. The van der Waals surface area contributed by atoms with E-state index in [9.17, 15) is 4.79 Å². The number of nitrogens with two attached hydrogens (primary N) is 1. The van der Waals surface area contributed by atoms with Gasteiger partial charge in [0.25, 0.3) is 0 Å². The molecule has 4 aliphatic carbocycles. The van der Waals surface area contributed by atoms with Crippen LogP contribution in [0.5, 0.6) is 0 Å². The Kier molecular flexibility index (Phi) is 5.71. The van der Waals surface area contributed by atoms with Crippen molar-refractivity contribution in [2.24, 2.45) is 58.0 Å². The highest BCUT2D eigenvalue weighted by Gasteiger charge is 2.69. The molecule has 6 rings (SSSR count). The Morgan fingerprint density at radius 1 is 0.971 bits per heavy atom. The average molecular weight is 474 g/mol. The minimum Gasteiger partial charge on any atom is -0.461 e. The lowest BCUT2D eigenvalue weighted by molar-refractivity contribution is -0.273. The molecule has 5 nitrogen and oxygen atoms in total. The SMILES string of the molecule is CC1C2C(CC3C4CCC5C[C@@H](OC(=O)CN)CC[C@]5(C)C4CC[C@@]32C)O[C@]12CC[C@H](C)CO2. The summed E-state index contributed by atoms with van der Waals surface area (Å²) >= 11 is 0. The van der Waals surface area contributed by atoms with Gasteiger partial charge in [-0.3, -0.25) is 4.79 Å². The summed E-state index contributed by atoms with van der Waals surface area (Å²) in [4.78, 5) is 11.8. The van der Waals surface area contributed by atoms with Crippen LogP contribution >= 0.6 is 0 Å². The van der Waals surface area contributed by atoms with Gasteiger partial charge in [-0.25, -0.2) is 0 Å². The Bertz CT molecular complexity index is 808. The predicted octanol–water partition coefficient (Wildman–Crippen LogP) is 5.30. The Balaban J connectivity index is 1.19. The lowest BCUT2D eigenvalue weighted by atomic mass is 9.44. The lowest BCUT2D eigenvalue weighted by Crippen LogP contribution is -2.55. The molecule has 2 heterocycles. The number of hydrogen-bond acceptors (Lipinski definition) is 5. The Morgan fingerprint density at radius 2 is 1.76 bits per heavy atom. The fraction of sp³-hybridized carbons (Fsp3) is 0.966. The van der Waals surface area contributed by atoms with E-state index in [-0.39, 0.29) is 24.4 Å². The lowest BCUT2D eigenvalue weighted by Gasteiger charge is -2.61. The van der Waals surface area contributed by atoms with E-state index in [0.29, 0.717) is 40.6 Å². The first kappa shape index (κ1) is 23.7. The van der Waals surface area contributed by atoms with Gasteiger partial charge in [0.05, 0.1) is 19.3 Å². The highest BCUT2D eigenvalue weighted by molar-refractivity contribution is 5.71. The van der Waals surface area contributed by atoms with Crippen molar-refractivity contribution >= 4 is 5.97 Å². The van der Waals surface area contributed by atoms with E-state index >= 15 is 0 Å². The van der Waals surface area contributed by atoms with Crippen molar-refractivity contribution in [3.63, 3.8) is 0 Å². The van der Waals surface area contributed by atoms with Gasteiger partial charge in [0.15, 0.2) is 5.79 Å². The van der Waals surface area contributed by atoms with Crippen molar-refractivity contribution in [2.75, 3.05) is 13.2 Å². The summed E-state index contributed by atoms with van der Waals surface area (Å²) < 4.78 is 19.1. The molecular formula is C29H47NO4. The molecule has 0 aromatic rings. The molecule has 12 atom stereocenters. The van der Waals surface area contributed by atoms with Crippen LogP contribution in [-0.4, -0.2) is 37.1 Å². The molecule has 7 unspecified atom stereocenters. The Hall–Kier alpha value is -0.650. The minimum atomic E-state index is -0.310. The molecule has 0 bridgehead atoms. The highest BCUT2D eigenvalue weighted by atomic mass is 16.7. The number of carbonyl (C=O) groups is 1. The van der Waals surface area contributed by atoms with Crippen LogP contribution in [-0.2, 0) is 19.0 Å². The topological polar surface area (TPSA) is 70.8 Å². The minimum absolute atomic E-state index is 0.00241. The van der Waals surface area contributed by atoms with Crippen LogP contribution in [0.4, 0.5) is 0 Å². The van der Waals surface area contributed by atoms with Crippen molar-refractivity contribution in [3.05, 3.63) is 0 Å². The molecule has 1 spiro atoms. The zero-order chi connectivity index (χ0) is 23.9. The standard InChI is InChI=1S/C29H47NO4/c1-17-7-12-29(32-16-17)18(2)26-24(34-29)14-23-21-6-5-19-13-20(33-25(31)15-30)8-10-27(19,3)22(21)9-11-28(23,26)4/h17-24,26H,5-16,30H2,1-4H3/t17-,18?,19?,20-,21?,22?,23?,24?,26?,27-,28-,29+/m0/s1. The van der Waals surface area contributed by atoms with Gasteiger partial charge in [-0.1, -0.05) is 27.7 Å². The van der Waals surface area contributed by atoms with Crippen molar-refractivity contribution in [1.82, 2.24) is 0 Å². The van der Waals surface area contributed by atoms with Gasteiger partial charge in [-0.2, -0.15) is 0 Å². The van der Waals surface area contributed by atoms with E-state index in [0.717, 1.165) is 43.6 Å². The van der Waals surface area contributed by atoms with E-state index in [4.69, 9.17) is 19.9 Å². The summed E-state index contributed by atoms with van der Waals surface area (Å²) in [5.74, 6) is 4.35. The second kappa shape index (κ2) is 8.18. The van der Waals surface area contributed by atoms with Crippen LogP contribution in [0.1, 0.15) is 91.9 Å². The van der Waals surface area contributed by atoms with Crippen LogP contribution in [0.2, 0.25) is 0 Å². The van der Waals surface area contributed by atoms with Crippen LogP contribution < -0.4 is 5.73 Å². The van der Waals surface area contributed by atoms with Crippen molar-refractivity contribution in [1.29, 1.82) is 0 Å². The number of rotatable bonds is 2. The fourth-order valence-corrected chi connectivity index (χ4v) is 10.6. The molecule has 192 valence electrons. The Labute approximate surface area is 206 Å². The number of hydrogen-bond donors (Lipinski definition) is 1. The number of esters is 1. The third-order valence-corrected chi connectivity index (χ3v) is 12.3. The molecule has 2 saturated heterocycles. The molecule has 0 amide bonds. The maximum absolute atomic E-state index is 11.8. The number of ether oxygens (including phenoxy) is 3. The van der Waals surface area contributed by atoms with Gasteiger partial charge in [0.2, 0.25) is 0 Å². The molecule has 0 radical (unpaired) electrons. The zero-order valence-electron chi connectivity index (χ0n) is 21.9. The quantitative estimate of drug-likeness (QED) is 0.551. The molecule has 4 saturated carbocycles. The second-order valence-corrected chi connectivity index (χ2v) is 13.8. The molecule has 34 heavy (non-hydrogen) atoms. The number of carbonyl (C=O) groups excluding carboxylic acids is 1. The smallest absolute Gasteiger partial charge is 0.319 e. The van der Waals surface area contributed by atoms with Gasteiger partial charge in [-0.05, 0) is 104 Å². The van der Waals surface area contributed by atoms with E-state index in [1.54, 1.807) is 0 Å². The molecule has 0 aromatic carbocycles. The van der Waals surface area contributed by atoms with E-state index in [2.05, 4.69) is 27.7 Å². The van der Waals surface area contributed by atoms with Crippen LogP contribution in [0, 0.1) is 52.3 Å². The molecular weight excluding hydrogens is 426 g/mol. The van der Waals surface area contributed by atoms with E-state index < -0.39 is 0 Å². The third kappa shape index (κ3) is 3.31. The van der Waals surface area contributed by atoms with Gasteiger partial charge in [-0.15, -0.1) is 0 Å². The van der Waals surface area contributed by atoms with Gasteiger partial charge in [0, 0.05) is 12.3 Å². The fourth-order valence-electron chi connectivity index (χ4n) is 10.6. The maximum atomic E-state index is 11.8. The van der Waals surface area contributed by atoms with E-state index in [1.807, 2.05) is 0 Å². The van der Waals surface area contributed by atoms with Crippen LogP contribution in [0.25, 0.3) is 0 Å². The molecule has 6 aliphatic rings. The maximum Gasteiger partial charge on any atom is 0.319 e. The van der Waals surface area contributed by atoms with Crippen molar-refractivity contribution < 1.29 is 19.0 Å². The zero-order valence-corrected chi connectivity index (χ0v) is 21.9. The molecule has 6 fully saturated rings. The summed E-state index contributed by atoms with van der Waals surface area (Å²) in [7, 11) is 0. The summed E-state index contributed by atoms with van der Waals surface area (Å²) in [5.41, 5.74) is 6.28. The summed E-state index contributed by atoms with van der Waals surface area (Å²) in [5, 5.41) is 0. The Morgan fingerprint density at radius 3 is 2.50 bits per heavy atom. The summed E-state index contributed by atoms with van der Waals surface area (Å²) in [6, 6.07) is 0. The normalized spacial score (nSPS) is 56.3. The molecule has 2 aliphatic heterocycles. The van der Waals surface area contributed by atoms with Gasteiger partial charge in [0.1, 0.15) is 6.10 Å². The van der Waals surface area contributed by atoms with Gasteiger partial charge >= 0.3 is 5.97 Å². The first-order valence-corrected chi connectivity index (χ1v) is 14.4. The highest BCUT2D eigenvalue weighted by Crippen LogP contribution is 2.71. The monoisotopic (exact) mass is 473 g/mol. The largest absolute Gasteiger partial charge is 0.461 e. The average Bonchev–Trinajstić information content (AvgIpc) is 3.26. The summed E-state index contributed by atoms with van der Waals surface area (Å²) in [6.45, 7) is 10.8. The first-order chi connectivity index (χ1) is 16.2. The van der Waals surface area contributed by atoms with Crippen LogP contribution in [0.15, 0.2) is 0 Å². The number of fused-ring (bicyclic) bond motifs is 7. The molecule has 0 aromatic heterocycles. The van der Waals surface area contributed by atoms with E-state index in [1.165, 1.54) is 44.9 Å². The third-order valence-electron chi connectivity index (χ3n) is 12.3. The summed E-state index contributed by atoms with van der Waals surface area (Å²) in [6.07, 6.45) is 12.6. The van der Waals surface area contributed by atoms with Crippen LogP contribution in [0.3, 0.4) is 0 Å².